The van der Waals surface area contributed by atoms with Crippen LogP contribution in [0.2, 0.25) is 0 Å². The van der Waals surface area contributed by atoms with E-state index in [1.165, 1.54) is 12.1 Å². The average Bonchev–Trinajstić information content (AvgIpc) is 2.97. The van der Waals surface area contributed by atoms with Crippen molar-refractivity contribution in [3.05, 3.63) is 72.2 Å². The molecule has 0 aliphatic rings. The largest absolute Gasteiger partial charge is 0.478 e. The van der Waals surface area contributed by atoms with Crippen LogP contribution in [0.25, 0.3) is 16.9 Å². The summed E-state index contributed by atoms with van der Waals surface area (Å²) in [5.41, 5.74) is 1.76. The van der Waals surface area contributed by atoms with Gasteiger partial charge in [-0.3, -0.25) is 0 Å². The number of carboxylic acids is 1. The Hall–Kier alpha value is -2.95. The van der Waals surface area contributed by atoms with Crippen molar-refractivity contribution in [2.24, 2.45) is 0 Å². The van der Waals surface area contributed by atoms with Crippen LogP contribution in [0, 0.1) is 5.82 Å². The van der Waals surface area contributed by atoms with Gasteiger partial charge in [0.05, 0.1) is 23.1 Å². The molecule has 0 saturated heterocycles. The molecule has 2 aromatic carbocycles. The smallest absolute Gasteiger partial charge is 0.338 e. The van der Waals surface area contributed by atoms with Gasteiger partial charge in [0.25, 0.3) is 0 Å². The molecule has 3 rings (SSSR count). The van der Waals surface area contributed by atoms with E-state index in [2.05, 4.69) is 5.10 Å². The Balaban J connectivity index is 2.09. The molecule has 0 amide bonds. The van der Waals surface area contributed by atoms with Crippen LogP contribution < -0.4 is 0 Å². The molecule has 21 heavy (non-hydrogen) atoms. The molecule has 3 aromatic rings. The maximum Gasteiger partial charge on any atom is 0.338 e. The molecule has 0 bridgehead atoms. The highest BCUT2D eigenvalue weighted by Crippen LogP contribution is 2.24. The maximum atomic E-state index is 13.8. The third-order valence-corrected chi connectivity index (χ3v) is 3.14. The Morgan fingerprint density at radius 1 is 1.10 bits per heavy atom. The van der Waals surface area contributed by atoms with E-state index in [4.69, 9.17) is 5.11 Å². The number of benzene rings is 2. The van der Waals surface area contributed by atoms with Crippen molar-refractivity contribution in [3.8, 4) is 16.9 Å². The fraction of sp³-hybridized carbons (Fsp3) is 0. The molecule has 0 aliphatic heterocycles. The lowest BCUT2D eigenvalue weighted by molar-refractivity contribution is 0.0692. The number of aromatic nitrogens is 2. The molecular formula is C16H11FN2O2. The highest BCUT2D eigenvalue weighted by Gasteiger charge is 2.13. The first-order valence-electron chi connectivity index (χ1n) is 6.29. The number of carboxylic acid groups (broad SMARTS) is 1. The molecule has 0 aliphatic carbocycles. The number of halogens is 1. The third-order valence-electron chi connectivity index (χ3n) is 3.14. The second-order valence-electron chi connectivity index (χ2n) is 4.46. The number of hydrogen-bond donors (Lipinski definition) is 1. The summed E-state index contributed by atoms with van der Waals surface area (Å²) in [5.74, 6) is -2.04. The number of para-hydroxylation sites is 1. The van der Waals surface area contributed by atoms with E-state index in [1.54, 1.807) is 23.0 Å². The first kappa shape index (κ1) is 13.1. The predicted molar refractivity (Wildman–Crippen MR) is 75.9 cm³/mol. The van der Waals surface area contributed by atoms with Crippen molar-refractivity contribution in [2.45, 2.75) is 0 Å². The lowest BCUT2D eigenvalue weighted by atomic mass is 10.1. The molecule has 0 spiro atoms. The van der Waals surface area contributed by atoms with Crippen molar-refractivity contribution < 1.29 is 14.3 Å². The first-order chi connectivity index (χ1) is 10.2. The molecule has 0 unspecified atom stereocenters. The third kappa shape index (κ3) is 2.41. The minimum atomic E-state index is -1.28. The first-order valence-corrected chi connectivity index (χ1v) is 6.29. The number of carbonyl (C=O) groups is 1. The quantitative estimate of drug-likeness (QED) is 0.801. The van der Waals surface area contributed by atoms with Crippen molar-refractivity contribution in [2.75, 3.05) is 0 Å². The zero-order valence-electron chi connectivity index (χ0n) is 10.9. The topological polar surface area (TPSA) is 55.1 Å². The van der Waals surface area contributed by atoms with E-state index >= 15 is 0 Å². The van der Waals surface area contributed by atoms with Crippen LogP contribution in [-0.2, 0) is 0 Å². The molecule has 1 heterocycles. The monoisotopic (exact) mass is 282 g/mol. The van der Waals surface area contributed by atoms with Crippen LogP contribution in [-0.4, -0.2) is 20.9 Å². The zero-order chi connectivity index (χ0) is 14.8. The fourth-order valence-electron chi connectivity index (χ4n) is 2.14. The Kier molecular flexibility index (Phi) is 3.23. The Bertz CT molecular complexity index is 797. The van der Waals surface area contributed by atoms with Gasteiger partial charge >= 0.3 is 5.97 Å². The summed E-state index contributed by atoms with van der Waals surface area (Å²) in [7, 11) is 0. The van der Waals surface area contributed by atoms with Gasteiger partial charge in [-0.1, -0.05) is 24.3 Å². The van der Waals surface area contributed by atoms with Crippen molar-refractivity contribution in [1.29, 1.82) is 0 Å². The summed E-state index contributed by atoms with van der Waals surface area (Å²) < 4.78 is 15.5. The van der Waals surface area contributed by atoms with E-state index in [-0.39, 0.29) is 5.56 Å². The number of hydrogen-bond acceptors (Lipinski definition) is 2. The summed E-state index contributed by atoms with van der Waals surface area (Å²) in [6, 6.07) is 15.2. The molecule has 104 valence electrons. The van der Waals surface area contributed by atoms with Gasteiger partial charge in [-0.15, -0.1) is 0 Å². The number of aromatic carboxylic acids is 1. The molecule has 0 fully saturated rings. The predicted octanol–water partition coefficient (Wildman–Crippen LogP) is 3.38. The van der Waals surface area contributed by atoms with Gasteiger partial charge in [-0.25, -0.2) is 13.9 Å². The zero-order valence-corrected chi connectivity index (χ0v) is 10.9. The SMILES string of the molecule is O=C(O)c1ccc(-c2ccnn2-c2ccccc2)cc1F. The van der Waals surface area contributed by atoms with Gasteiger partial charge in [0.2, 0.25) is 0 Å². The van der Waals surface area contributed by atoms with Crippen LogP contribution in [0.3, 0.4) is 0 Å². The van der Waals surface area contributed by atoms with Crippen LogP contribution in [0.15, 0.2) is 60.8 Å². The van der Waals surface area contributed by atoms with Crippen LogP contribution in [0.4, 0.5) is 4.39 Å². The lowest BCUT2D eigenvalue weighted by Gasteiger charge is -2.08. The lowest BCUT2D eigenvalue weighted by Crippen LogP contribution is -2.02. The Labute approximate surface area is 120 Å². The van der Waals surface area contributed by atoms with E-state index in [1.807, 2.05) is 30.3 Å². The summed E-state index contributed by atoms with van der Waals surface area (Å²) in [5, 5.41) is 13.1. The van der Waals surface area contributed by atoms with Crippen molar-refractivity contribution in [1.82, 2.24) is 9.78 Å². The minimum absolute atomic E-state index is 0.343. The summed E-state index contributed by atoms with van der Waals surface area (Å²) in [6.45, 7) is 0. The molecule has 0 saturated carbocycles. The highest BCUT2D eigenvalue weighted by atomic mass is 19.1. The molecule has 0 atom stereocenters. The number of nitrogens with zero attached hydrogens (tertiary/aromatic N) is 2. The Morgan fingerprint density at radius 3 is 2.52 bits per heavy atom. The molecule has 4 nitrogen and oxygen atoms in total. The molecular weight excluding hydrogens is 271 g/mol. The molecule has 5 heteroatoms. The van der Waals surface area contributed by atoms with Gasteiger partial charge in [-0.2, -0.15) is 5.10 Å². The van der Waals surface area contributed by atoms with Gasteiger partial charge in [0.15, 0.2) is 0 Å². The van der Waals surface area contributed by atoms with Crippen molar-refractivity contribution in [3.63, 3.8) is 0 Å². The summed E-state index contributed by atoms with van der Waals surface area (Å²) in [6.07, 6.45) is 1.62. The van der Waals surface area contributed by atoms with Gasteiger partial charge < -0.3 is 5.11 Å². The van der Waals surface area contributed by atoms with E-state index in [0.29, 0.717) is 11.3 Å². The van der Waals surface area contributed by atoms with Crippen LogP contribution >= 0.6 is 0 Å². The van der Waals surface area contributed by atoms with E-state index in [9.17, 15) is 9.18 Å². The maximum absolute atomic E-state index is 13.8. The standard InChI is InChI=1S/C16H11FN2O2/c17-14-10-11(6-7-13(14)16(20)21)15-8-9-18-19(15)12-4-2-1-3-5-12/h1-10H,(H,20,21). The second-order valence-corrected chi connectivity index (χ2v) is 4.46. The van der Waals surface area contributed by atoms with Gasteiger partial charge in [-0.05, 0) is 30.3 Å². The summed E-state index contributed by atoms with van der Waals surface area (Å²) >= 11 is 0. The van der Waals surface area contributed by atoms with Crippen LogP contribution in [0.1, 0.15) is 10.4 Å². The number of rotatable bonds is 3. The Morgan fingerprint density at radius 2 is 1.86 bits per heavy atom. The van der Waals surface area contributed by atoms with Crippen LogP contribution in [0.5, 0.6) is 0 Å². The molecule has 1 aromatic heterocycles. The van der Waals surface area contributed by atoms with Gasteiger partial charge in [0.1, 0.15) is 5.82 Å². The van der Waals surface area contributed by atoms with Crippen molar-refractivity contribution >= 4 is 5.97 Å². The normalized spacial score (nSPS) is 10.5. The van der Waals surface area contributed by atoms with E-state index in [0.717, 1.165) is 5.69 Å². The fourth-order valence-corrected chi connectivity index (χ4v) is 2.14. The highest BCUT2D eigenvalue weighted by molar-refractivity contribution is 5.88. The molecule has 0 radical (unpaired) electrons. The summed E-state index contributed by atoms with van der Waals surface area (Å²) in [4.78, 5) is 10.9. The minimum Gasteiger partial charge on any atom is -0.478 e. The van der Waals surface area contributed by atoms with E-state index < -0.39 is 11.8 Å². The van der Waals surface area contributed by atoms with Gasteiger partial charge in [0, 0.05) is 5.56 Å². The molecule has 1 N–H and O–H groups in total. The average molecular weight is 282 g/mol. The second kappa shape index (κ2) is 5.20.